The number of hydrogen-bond acceptors (Lipinski definition) is 5. The Morgan fingerprint density at radius 3 is 2.71 bits per heavy atom. The van der Waals surface area contributed by atoms with Crippen molar-refractivity contribution in [1.29, 1.82) is 0 Å². The van der Waals surface area contributed by atoms with Crippen molar-refractivity contribution in [3.05, 3.63) is 62.6 Å². The fourth-order valence-electron chi connectivity index (χ4n) is 4.40. The lowest BCUT2D eigenvalue weighted by Gasteiger charge is -2.34. The highest BCUT2D eigenvalue weighted by Gasteiger charge is 2.44. The molecule has 3 N–H and O–H groups in total. The van der Waals surface area contributed by atoms with Crippen LogP contribution in [-0.2, 0) is 6.54 Å². The SMILES string of the molecule is CCN1C[C@H]2C[C@H](N)c3c(C(=O)NCc4ccc(F)cc4F)c(=O)c(OC)c(n32)C1=O. The molecule has 2 atom stereocenters. The van der Waals surface area contributed by atoms with Crippen molar-refractivity contribution >= 4 is 11.8 Å². The van der Waals surface area contributed by atoms with E-state index in [1.807, 2.05) is 6.92 Å². The van der Waals surface area contributed by atoms with Crippen molar-refractivity contribution < 1.29 is 23.1 Å². The van der Waals surface area contributed by atoms with E-state index in [1.165, 1.54) is 13.2 Å². The lowest BCUT2D eigenvalue weighted by molar-refractivity contribution is 0.0674. The van der Waals surface area contributed by atoms with Crippen molar-refractivity contribution in [1.82, 2.24) is 14.8 Å². The van der Waals surface area contributed by atoms with E-state index in [2.05, 4.69) is 5.32 Å². The zero-order chi connectivity index (χ0) is 22.4. The molecule has 4 rings (SSSR count). The average molecular weight is 432 g/mol. The summed E-state index contributed by atoms with van der Waals surface area (Å²) in [4.78, 5) is 40.7. The highest BCUT2D eigenvalue weighted by atomic mass is 19.1. The Bertz CT molecular complexity index is 1150. The summed E-state index contributed by atoms with van der Waals surface area (Å²) in [5, 5.41) is 2.50. The molecule has 0 saturated heterocycles. The third-order valence-corrected chi connectivity index (χ3v) is 5.84. The number of halogens is 2. The summed E-state index contributed by atoms with van der Waals surface area (Å²) in [7, 11) is 1.26. The van der Waals surface area contributed by atoms with Gasteiger partial charge in [0.15, 0.2) is 11.4 Å². The van der Waals surface area contributed by atoms with Gasteiger partial charge in [-0.3, -0.25) is 14.4 Å². The van der Waals surface area contributed by atoms with Gasteiger partial charge < -0.3 is 25.3 Å². The Morgan fingerprint density at radius 1 is 1.32 bits per heavy atom. The van der Waals surface area contributed by atoms with Crippen LogP contribution in [0.25, 0.3) is 0 Å². The van der Waals surface area contributed by atoms with E-state index < -0.39 is 29.0 Å². The molecule has 0 bridgehead atoms. The molecule has 0 unspecified atom stereocenters. The fourth-order valence-corrected chi connectivity index (χ4v) is 4.40. The zero-order valence-electron chi connectivity index (χ0n) is 17.1. The highest BCUT2D eigenvalue weighted by Crippen LogP contribution is 2.41. The monoisotopic (exact) mass is 432 g/mol. The number of nitrogens with one attached hydrogen (secondary N) is 1. The van der Waals surface area contributed by atoms with E-state index in [0.29, 0.717) is 25.6 Å². The number of hydrogen-bond donors (Lipinski definition) is 2. The molecule has 0 fully saturated rings. The summed E-state index contributed by atoms with van der Waals surface area (Å²) in [6.45, 7) is 2.46. The number of likely N-dealkylation sites (N-methyl/N-ethyl adjacent to an activating group) is 1. The van der Waals surface area contributed by atoms with Gasteiger partial charge in [-0.05, 0) is 19.4 Å². The first-order valence-corrected chi connectivity index (χ1v) is 9.91. The molecule has 3 heterocycles. The third kappa shape index (κ3) is 3.27. The van der Waals surface area contributed by atoms with Crippen LogP contribution in [0.5, 0.6) is 5.75 Å². The molecule has 2 aliphatic heterocycles. The molecule has 2 aromatic rings. The van der Waals surface area contributed by atoms with Crippen molar-refractivity contribution in [3.8, 4) is 5.75 Å². The number of ether oxygens (including phenoxy) is 1. The van der Waals surface area contributed by atoms with Gasteiger partial charge >= 0.3 is 0 Å². The first-order chi connectivity index (χ1) is 14.8. The maximum Gasteiger partial charge on any atom is 0.274 e. The summed E-state index contributed by atoms with van der Waals surface area (Å²) in [5.41, 5.74) is 5.73. The first kappa shape index (κ1) is 21.0. The molecule has 2 amide bonds. The second-order valence-corrected chi connectivity index (χ2v) is 7.60. The number of methoxy groups -OCH3 is 1. The van der Waals surface area contributed by atoms with Gasteiger partial charge in [-0.25, -0.2) is 8.78 Å². The van der Waals surface area contributed by atoms with Crippen molar-refractivity contribution in [3.63, 3.8) is 0 Å². The summed E-state index contributed by atoms with van der Waals surface area (Å²) < 4.78 is 33.9. The van der Waals surface area contributed by atoms with Gasteiger partial charge in [0.1, 0.15) is 17.2 Å². The zero-order valence-corrected chi connectivity index (χ0v) is 17.1. The summed E-state index contributed by atoms with van der Waals surface area (Å²) in [6.07, 6.45) is 0.455. The van der Waals surface area contributed by atoms with Crippen molar-refractivity contribution in [2.45, 2.75) is 32.0 Å². The summed E-state index contributed by atoms with van der Waals surface area (Å²) in [5.74, 6) is -2.89. The number of nitrogens with zero attached hydrogens (tertiary/aromatic N) is 2. The predicted molar refractivity (Wildman–Crippen MR) is 107 cm³/mol. The second kappa shape index (κ2) is 7.77. The molecular formula is C21H22F2N4O4. The lowest BCUT2D eigenvalue weighted by Crippen LogP contribution is -2.45. The molecule has 0 saturated carbocycles. The molecular weight excluding hydrogens is 410 g/mol. The first-order valence-electron chi connectivity index (χ1n) is 9.91. The van der Waals surface area contributed by atoms with Gasteiger partial charge in [0.25, 0.3) is 11.8 Å². The molecule has 0 radical (unpaired) electrons. The molecule has 2 aliphatic rings. The Balaban J connectivity index is 1.78. The van der Waals surface area contributed by atoms with E-state index >= 15 is 0 Å². The minimum atomic E-state index is -0.813. The molecule has 31 heavy (non-hydrogen) atoms. The average Bonchev–Trinajstić information content (AvgIpc) is 3.05. The Hall–Kier alpha value is -3.27. The van der Waals surface area contributed by atoms with Crippen LogP contribution in [0.3, 0.4) is 0 Å². The predicted octanol–water partition coefficient (Wildman–Crippen LogP) is 1.49. The molecule has 164 valence electrons. The maximum atomic E-state index is 13.9. The quantitative estimate of drug-likeness (QED) is 0.745. The second-order valence-electron chi connectivity index (χ2n) is 7.60. The van der Waals surface area contributed by atoms with Gasteiger partial charge in [0, 0.05) is 37.3 Å². The van der Waals surface area contributed by atoms with Crippen LogP contribution >= 0.6 is 0 Å². The molecule has 1 aromatic carbocycles. The Kier molecular flexibility index (Phi) is 5.26. The van der Waals surface area contributed by atoms with Crippen LogP contribution in [0.1, 0.15) is 57.5 Å². The largest absolute Gasteiger partial charge is 0.491 e. The third-order valence-electron chi connectivity index (χ3n) is 5.84. The van der Waals surface area contributed by atoms with Crippen LogP contribution in [0.15, 0.2) is 23.0 Å². The van der Waals surface area contributed by atoms with Crippen molar-refractivity contribution in [2.24, 2.45) is 5.73 Å². The van der Waals surface area contributed by atoms with E-state index in [-0.39, 0.29) is 46.8 Å². The molecule has 10 heteroatoms. The summed E-state index contributed by atoms with van der Waals surface area (Å²) >= 11 is 0. The van der Waals surface area contributed by atoms with E-state index in [9.17, 15) is 23.2 Å². The number of rotatable bonds is 5. The van der Waals surface area contributed by atoms with Gasteiger partial charge in [0.05, 0.1) is 18.8 Å². The normalized spacial score (nSPS) is 19.4. The fraction of sp³-hybridized carbons (Fsp3) is 0.381. The van der Waals surface area contributed by atoms with Gasteiger partial charge in [-0.1, -0.05) is 6.07 Å². The number of carbonyl (C=O) groups is 2. The highest BCUT2D eigenvalue weighted by molar-refractivity contribution is 6.00. The lowest BCUT2D eigenvalue weighted by atomic mass is 10.0. The number of pyridine rings is 1. The Morgan fingerprint density at radius 2 is 2.06 bits per heavy atom. The van der Waals surface area contributed by atoms with E-state index in [4.69, 9.17) is 10.5 Å². The Labute approximate surface area is 176 Å². The van der Waals surface area contributed by atoms with Crippen LogP contribution in [-0.4, -0.2) is 41.5 Å². The minimum absolute atomic E-state index is 0.0622. The number of amides is 2. The number of nitrogens with two attached hydrogens (primary N) is 1. The molecule has 8 nitrogen and oxygen atoms in total. The summed E-state index contributed by atoms with van der Waals surface area (Å²) in [6, 6.07) is 2.18. The van der Waals surface area contributed by atoms with Crippen LogP contribution in [0, 0.1) is 11.6 Å². The molecule has 0 aliphatic carbocycles. The van der Waals surface area contributed by atoms with Crippen LogP contribution in [0.4, 0.5) is 8.78 Å². The molecule has 1 aromatic heterocycles. The van der Waals surface area contributed by atoms with E-state index in [0.717, 1.165) is 6.07 Å². The standard InChI is InChI=1S/C21H22F2N4O4/c1-3-26-9-12-7-14(24)16-15(18(28)19(31-2)17(21(26)30)27(12)16)20(29)25-8-10-4-5-11(22)6-13(10)23/h4-6,12,14H,3,7-9,24H2,1-2H3,(H,25,29)/t12-,14+/m1/s1. The topological polar surface area (TPSA) is 107 Å². The number of benzene rings is 1. The van der Waals surface area contributed by atoms with Crippen LogP contribution < -0.4 is 21.2 Å². The smallest absolute Gasteiger partial charge is 0.274 e. The minimum Gasteiger partial charge on any atom is -0.491 e. The van der Waals surface area contributed by atoms with Gasteiger partial charge in [-0.15, -0.1) is 0 Å². The number of aromatic nitrogens is 1. The maximum absolute atomic E-state index is 13.9. The number of carbonyl (C=O) groups excluding carboxylic acids is 2. The van der Waals surface area contributed by atoms with Crippen LogP contribution in [0.2, 0.25) is 0 Å². The van der Waals surface area contributed by atoms with E-state index in [1.54, 1.807) is 9.47 Å². The van der Waals surface area contributed by atoms with Gasteiger partial charge in [0.2, 0.25) is 5.43 Å². The van der Waals surface area contributed by atoms with Gasteiger partial charge in [-0.2, -0.15) is 0 Å². The molecule has 0 spiro atoms. The van der Waals surface area contributed by atoms with Crippen molar-refractivity contribution in [2.75, 3.05) is 20.2 Å².